The SMILES string of the molecule is CCN(CC)c1ccc(-n2c(C)cc(C3C(c4ccccn4)NC(=S)N3CCC(=O)Nc3ccccc3OC)c2C)cc1. The van der Waals surface area contributed by atoms with E-state index in [2.05, 4.69) is 88.0 Å². The molecule has 2 unspecified atom stereocenters. The second-order valence-electron chi connectivity index (χ2n) is 10.7. The Balaban J connectivity index is 1.45. The maximum atomic E-state index is 13.1. The summed E-state index contributed by atoms with van der Waals surface area (Å²) in [5, 5.41) is 7.12. The van der Waals surface area contributed by atoms with E-state index in [4.69, 9.17) is 17.0 Å². The normalized spacial score (nSPS) is 16.2. The highest BCUT2D eigenvalue weighted by Gasteiger charge is 2.41. The topological polar surface area (TPSA) is 74.7 Å². The number of hydrogen-bond donors (Lipinski definition) is 2. The van der Waals surface area contributed by atoms with Crippen LogP contribution in [0.5, 0.6) is 5.75 Å². The van der Waals surface area contributed by atoms with E-state index in [1.807, 2.05) is 42.5 Å². The van der Waals surface area contributed by atoms with Crippen LogP contribution in [-0.4, -0.2) is 52.2 Å². The molecular weight excluding hydrogens is 556 g/mol. The molecule has 1 aliphatic rings. The first kappa shape index (κ1) is 30.1. The minimum Gasteiger partial charge on any atom is -0.495 e. The van der Waals surface area contributed by atoms with Crippen molar-refractivity contribution in [3.8, 4) is 11.4 Å². The Morgan fingerprint density at radius 1 is 1.05 bits per heavy atom. The Labute approximate surface area is 259 Å². The van der Waals surface area contributed by atoms with Gasteiger partial charge in [-0.25, -0.2) is 0 Å². The van der Waals surface area contributed by atoms with Gasteiger partial charge in [-0.3, -0.25) is 9.78 Å². The fourth-order valence-electron chi connectivity index (χ4n) is 6.05. The summed E-state index contributed by atoms with van der Waals surface area (Å²) in [6, 6.07) is 24.0. The number of hydrogen-bond acceptors (Lipinski definition) is 5. The van der Waals surface area contributed by atoms with Gasteiger partial charge in [0, 0.05) is 55.0 Å². The lowest BCUT2D eigenvalue weighted by Crippen LogP contribution is -2.33. The van der Waals surface area contributed by atoms with E-state index in [9.17, 15) is 4.79 Å². The number of carbonyl (C=O) groups excluding carboxylic acids is 1. The number of carbonyl (C=O) groups is 1. The lowest BCUT2D eigenvalue weighted by Gasteiger charge is -2.28. The predicted octanol–water partition coefficient (Wildman–Crippen LogP) is 6.35. The summed E-state index contributed by atoms with van der Waals surface area (Å²) >= 11 is 5.88. The number of ether oxygens (including phenoxy) is 1. The molecule has 1 saturated heterocycles. The molecule has 2 N–H and O–H groups in total. The van der Waals surface area contributed by atoms with Crippen LogP contribution in [0.1, 0.15) is 55.0 Å². The van der Waals surface area contributed by atoms with Crippen LogP contribution >= 0.6 is 12.2 Å². The van der Waals surface area contributed by atoms with Gasteiger partial charge in [-0.2, -0.15) is 0 Å². The van der Waals surface area contributed by atoms with Gasteiger partial charge in [0.05, 0.1) is 30.6 Å². The van der Waals surface area contributed by atoms with Crippen molar-refractivity contribution in [1.29, 1.82) is 0 Å². The smallest absolute Gasteiger partial charge is 0.226 e. The van der Waals surface area contributed by atoms with E-state index >= 15 is 0 Å². The highest BCUT2D eigenvalue weighted by Crippen LogP contribution is 2.41. The first-order valence-corrected chi connectivity index (χ1v) is 15.2. The molecule has 3 heterocycles. The zero-order valence-electron chi connectivity index (χ0n) is 25.5. The summed E-state index contributed by atoms with van der Waals surface area (Å²) in [5.41, 5.74) is 7.30. The van der Waals surface area contributed by atoms with Crippen LogP contribution in [0, 0.1) is 13.8 Å². The number of para-hydroxylation sites is 2. The van der Waals surface area contributed by atoms with Gasteiger partial charge in [0.15, 0.2) is 5.11 Å². The van der Waals surface area contributed by atoms with Gasteiger partial charge in [-0.05, 0) is 100 Å². The standard InChI is InChI=1S/C34H40N6O2S/c1-6-38(7-2)25-15-17-26(18-16-25)40-23(3)22-27(24(40)4)33-32(29-13-10-11-20-35-29)37-34(43)39(33)21-19-31(41)36-28-12-8-9-14-30(28)42-5/h8-18,20,22,32-33H,6-7,19,21H2,1-5H3,(H,36,41)(H,37,43). The van der Waals surface area contributed by atoms with E-state index in [1.54, 1.807) is 13.3 Å². The maximum Gasteiger partial charge on any atom is 0.226 e. The minimum absolute atomic E-state index is 0.105. The van der Waals surface area contributed by atoms with Gasteiger partial charge in [0.25, 0.3) is 0 Å². The quantitative estimate of drug-likeness (QED) is 0.196. The van der Waals surface area contributed by atoms with Crippen LogP contribution in [0.2, 0.25) is 0 Å². The van der Waals surface area contributed by atoms with Crippen molar-refractivity contribution >= 4 is 34.6 Å². The number of aromatic nitrogens is 2. The van der Waals surface area contributed by atoms with Crippen molar-refractivity contribution < 1.29 is 9.53 Å². The van der Waals surface area contributed by atoms with E-state index in [0.29, 0.717) is 23.1 Å². The van der Waals surface area contributed by atoms with E-state index in [0.717, 1.165) is 41.4 Å². The Bertz CT molecular complexity index is 1570. The summed E-state index contributed by atoms with van der Waals surface area (Å²) in [5.74, 6) is 0.519. The van der Waals surface area contributed by atoms with Crippen LogP contribution in [0.3, 0.4) is 0 Å². The molecule has 2 aromatic heterocycles. The molecule has 1 aliphatic heterocycles. The molecule has 0 aliphatic carbocycles. The number of methoxy groups -OCH3 is 1. The third-order valence-electron chi connectivity index (χ3n) is 8.18. The Morgan fingerprint density at radius 2 is 1.77 bits per heavy atom. The van der Waals surface area contributed by atoms with Crippen molar-refractivity contribution in [2.75, 3.05) is 37.0 Å². The molecule has 8 nitrogen and oxygen atoms in total. The largest absolute Gasteiger partial charge is 0.495 e. The Morgan fingerprint density at radius 3 is 2.44 bits per heavy atom. The second kappa shape index (κ2) is 13.3. The highest BCUT2D eigenvalue weighted by atomic mass is 32.1. The van der Waals surface area contributed by atoms with Crippen molar-refractivity contribution in [3.05, 3.63) is 102 Å². The molecule has 1 fully saturated rings. The van der Waals surface area contributed by atoms with Crippen LogP contribution in [-0.2, 0) is 4.79 Å². The van der Waals surface area contributed by atoms with Crippen molar-refractivity contribution in [2.45, 2.75) is 46.2 Å². The van der Waals surface area contributed by atoms with Crippen molar-refractivity contribution in [3.63, 3.8) is 0 Å². The number of benzene rings is 2. The van der Waals surface area contributed by atoms with E-state index < -0.39 is 0 Å². The first-order chi connectivity index (χ1) is 20.9. The van der Waals surface area contributed by atoms with Gasteiger partial charge in [0.1, 0.15) is 5.75 Å². The highest BCUT2D eigenvalue weighted by molar-refractivity contribution is 7.80. The minimum atomic E-state index is -0.162. The monoisotopic (exact) mass is 596 g/mol. The summed E-state index contributed by atoms with van der Waals surface area (Å²) in [4.78, 5) is 22.2. The third-order valence-corrected chi connectivity index (χ3v) is 8.54. The maximum absolute atomic E-state index is 13.1. The molecule has 9 heteroatoms. The molecule has 0 bridgehead atoms. The van der Waals surface area contributed by atoms with Gasteiger partial charge in [-0.15, -0.1) is 0 Å². The zero-order valence-corrected chi connectivity index (χ0v) is 26.3. The molecule has 2 aromatic carbocycles. The van der Waals surface area contributed by atoms with Gasteiger partial charge < -0.3 is 29.7 Å². The second-order valence-corrected chi connectivity index (χ2v) is 11.1. The molecule has 1 amide bonds. The lowest BCUT2D eigenvalue weighted by atomic mass is 9.96. The van der Waals surface area contributed by atoms with Gasteiger partial charge >= 0.3 is 0 Å². The van der Waals surface area contributed by atoms with Crippen LogP contribution in [0.4, 0.5) is 11.4 Å². The number of pyridine rings is 1. The van der Waals surface area contributed by atoms with Crippen LogP contribution < -0.4 is 20.3 Å². The molecule has 0 spiro atoms. The van der Waals surface area contributed by atoms with Gasteiger partial charge in [-0.1, -0.05) is 18.2 Å². The lowest BCUT2D eigenvalue weighted by molar-refractivity contribution is -0.116. The average Bonchev–Trinajstić information content (AvgIpc) is 3.51. The third kappa shape index (κ3) is 6.22. The number of rotatable bonds is 11. The average molecular weight is 597 g/mol. The molecular formula is C34H40N6O2S. The van der Waals surface area contributed by atoms with Crippen LogP contribution in [0.15, 0.2) is 79.0 Å². The number of nitrogens with one attached hydrogen (secondary N) is 2. The van der Waals surface area contributed by atoms with Crippen LogP contribution in [0.25, 0.3) is 5.69 Å². The number of anilines is 2. The van der Waals surface area contributed by atoms with E-state index in [1.165, 1.54) is 5.69 Å². The molecule has 5 rings (SSSR count). The van der Waals surface area contributed by atoms with Crippen molar-refractivity contribution in [1.82, 2.24) is 19.8 Å². The fourth-order valence-corrected chi connectivity index (χ4v) is 6.38. The summed E-state index contributed by atoms with van der Waals surface area (Å²) in [6.45, 7) is 11.0. The molecule has 2 atom stereocenters. The first-order valence-electron chi connectivity index (χ1n) is 14.8. The van der Waals surface area contributed by atoms with E-state index in [-0.39, 0.29) is 24.4 Å². The zero-order chi connectivity index (χ0) is 30.5. The molecule has 43 heavy (non-hydrogen) atoms. The van der Waals surface area contributed by atoms with Gasteiger partial charge in [0.2, 0.25) is 5.91 Å². The molecule has 4 aromatic rings. The summed E-state index contributed by atoms with van der Waals surface area (Å²) in [6.07, 6.45) is 2.07. The van der Waals surface area contributed by atoms with Crippen molar-refractivity contribution in [2.24, 2.45) is 0 Å². The number of amides is 1. The number of thiocarbonyl (C=S) groups is 1. The molecule has 0 saturated carbocycles. The predicted molar refractivity (Wildman–Crippen MR) is 177 cm³/mol. The summed E-state index contributed by atoms with van der Waals surface area (Å²) in [7, 11) is 1.59. The molecule has 0 radical (unpaired) electrons. The number of nitrogens with zero attached hydrogens (tertiary/aromatic N) is 4. The fraction of sp³-hybridized carbons (Fsp3) is 0.324. The Kier molecular flexibility index (Phi) is 9.31. The number of aryl methyl sites for hydroxylation is 1. The Hall–Kier alpha value is -4.37. The molecule has 224 valence electrons. The summed E-state index contributed by atoms with van der Waals surface area (Å²) < 4.78 is 7.70.